The van der Waals surface area contributed by atoms with Crippen molar-refractivity contribution in [3.8, 4) is 5.75 Å². The molecule has 0 aromatic heterocycles. The second-order valence-corrected chi connectivity index (χ2v) is 5.24. The molecule has 0 radical (unpaired) electrons. The maximum absolute atomic E-state index is 6.03. The summed E-state index contributed by atoms with van der Waals surface area (Å²) in [6.07, 6.45) is 3.38. The third-order valence-electron chi connectivity index (χ3n) is 3.05. The highest BCUT2D eigenvalue weighted by Gasteiger charge is 2.09. The fourth-order valence-electron chi connectivity index (χ4n) is 2.03. The summed E-state index contributed by atoms with van der Waals surface area (Å²) >= 11 is 6.03. The summed E-state index contributed by atoms with van der Waals surface area (Å²) in [5.74, 6) is 1.56. The van der Waals surface area contributed by atoms with E-state index in [1.807, 2.05) is 18.2 Å². The van der Waals surface area contributed by atoms with Crippen LogP contribution in [0.25, 0.3) is 0 Å². The molecule has 0 spiro atoms. The van der Waals surface area contributed by atoms with Crippen LogP contribution in [0.3, 0.4) is 0 Å². The first-order valence-electron chi connectivity index (χ1n) is 6.70. The number of benzene rings is 1. The molecule has 0 fully saturated rings. The van der Waals surface area contributed by atoms with Crippen LogP contribution >= 0.6 is 11.6 Å². The highest BCUT2D eigenvalue weighted by atomic mass is 35.5. The van der Waals surface area contributed by atoms with Gasteiger partial charge >= 0.3 is 0 Å². The van der Waals surface area contributed by atoms with Gasteiger partial charge in [-0.3, -0.25) is 0 Å². The van der Waals surface area contributed by atoms with Crippen LogP contribution in [0.5, 0.6) is 5.75 Å². The Morgan fingerprint density at radius 2 is 2.11 bits per heavy atom. The van der Waals surface area contributed by atoms with Crippen LogP contribution in [-0.4, -0.2) is 20.2 Å². The lowest BCUT2D eigenvalue weighted by Crippen LogP contribution is -2.18. The van der Waals surface area contributed by atoms with Gasteiger partial charge in [0.15, 0.2) is 0 Å². The lowest BCUT2D eigenvalue weighted by molar-refractivity contribution is 0.403. The Morgan fingerprint density at radius 3 is 2.78 bits per heavy atom. The van der Waals surface area contributed by atoms with Crippen LogP contribution in [0.15, 0.2) is 18.2 Å². The fourth-order valence-corrected chi connectivity index (χ4v) is 2.23. The fraction of sp³-hybridized carbons (Fsp3) is 0.600. The average Bonchev–Trinajstić information content (AvgIpc) is 2.35. The third-order valence-corrected chi connectivity index (χ3v) is 3.29. The zero-order valence-corrected chi connectivity index (χ0v) is 12.4. The van der Waals surface area contributed by atoms with Gasteiger partial charge in [-0.25, -0.2) is 0 Å². The molecule has 102 valence electrons. The van der Waals surface area contributed by atoms with Gasteiger partial charge in [-0.05, 0) is 62.0 Å². The molecule has 0 aliphatic rings. The highest BCUT2D eigenvalue weighted by Crippen LogP contribution is 2.25. The predicted molar refractivity (Wildman–Crippen MR) is 78.6 cm³/mol. The first-order chi connectivity index (χ1) is 8.67. The van der Waals surface area contributed by atoms with E-state index in [1.165, 1.54) is 18.4 Å². The molecular weight excluding hydrogens is 246 g/mol. The minimum absolute atomic E-state index is 0.627. The second-order valence-electron chi connectivity index (χ2n) is 4.80. The van der Waals surface area contributed by atoms with Crippen molar-refractivity contribution in [2.24, 2.45) is 5.92 Å². The SMILES string of the molecule is CCCNCCC(C)Cc1cc(Cl)ccc1OC. The van der Waals surface area contributed by atoms with Crippen LogP contribution in [0.1, 0.15) is 32.3 Å². The minimum atomic E-state index is 0.627. The van der Waals surface area contributed by atoms with Gasteiger partial charge in [-0.2, -0.15) is 0 Å². The Kier molecular flexibility index (Phi) is 7.14. The smallest absolute Gasteiger partial charge is 0.122 e. The zero-order valence-electron chi connectivity index (χ0n) is 11.6. The Labute approximate surface area is 116 Å². The molecule has 1 atom stereocenters. The number of rotatable bonds is 8. The number of halogens is 1. The maximum atomic E-state index is 6.03. The Hall–Kier alpha value is -0.730. The van der Waals surface area contributed by atoms with E-state index in [0.29, 0.717) is 5.92 Å². The average molecular weight is 270 g/mol. The quantitative estimate of drug-likeness (QED) is 0.723. The Bertz CT molecular complexity index is 354. The van der Waals surface area contributed by atoms with Crippen molar-refractivity contribution in [2.45, 2.75) is 33.1 Å². The largest absolute Gasteiger partial charge is 0.496 e. The summed E-state index contributed by atoms with van der Waals surface area (Å²) in [6, 6.07) is 5.83. The molecule has 0 amide bonds. The van der Waals surface area contributed by atoms with Crippen LogP contribution in [0.2, 0.25) is 5.02 Å². The number of hydrogen-bond donors (Lipinski definition) is 1. The summed E-state index contributed by atoms with van der Waals surface area (Å²) in [6.45, 7) is 6.65. The van der Waals surface area contributed by atoms with Gasteiger partial charge in [0, 0.05) is 5.02 Å². The standard InChI is InChI=1S/C15H24ClNO/c1-4-8-17-9-7-12(2)10-13-11-14(16)5-6-15(13)18-3/h5-6,11-12,17H,4,7-10H2,1-3H3. The van der Waals surface area contributed by atoms with Gasteiger partial charge in [0.1, 0.15) is 5.75 Å². The van der Waals surface area contributed by atoms with Crippen LogP contribution in [0, 0.1) is 5.92 Å². The van der Waals surface area contributed by atoms with Gasteiger partial charge in [0.25, 0.3) is 0 Å². The molecule has 0 saturated carbocycles. The number of ether oxygens (including phenoxy) is 1. The van der Waals surface area contributed by atoms with E-state index < -0.39 is 0 Å². The Morgan fingerprint density at radius 1 is 1.33 bits per heavy atom. The lowest BCUT2D eigenvalue weighted by atomic mass is 9.97. The topological polar surface area (TPSA) is 21.3 Å². The molecular formula is C15H24ClNO. The molecule has 0 saturated heterocycles. The van der Waals surface area contributed by atoms with Crippen molar-refractivity contribution in [1.82, 2.24) is 5.32 Å². The van der Waals surface area contributed by atoms with Crippen LogP contribution < -0.4 is 10.1 Å². The van der Waals surface area contributed by atoms with Crippen molar-refractivity contribution in [2.75, 3.05) is 20.2 Å². The number of methoxy groups -OCH3 is 1. The van der Waals surface area contributed by atoms with Crippen molar-refractivity contribution in [1.29, 1.82) is 0 Å². The van der Waals surface area contributed by atoms with E-state index in [9.17, 15) is 0 Å². The van der Waals surface area contributed by atoms with Crippen molar-refractivity contribution < 1.29 is 4.74 Å². The summed E-state index contributed by atoms with van der Waals surface area (Å²) < 4.78 is 5.37. The summed E-state index contributed by atoms with van der Waals surface area (Å²) in [4.78, 5) is 0. The van der Waals surface area contributed by atoms with Gasteiger partial charge < -0.3 is 10.1 Å². The summed E-state index contributed by atoms with van der Waals surface area (Å²) in [5, 5.41) is 4.21. The first kappa shape index (κ1) is 15.3. The molecule has 3 heteroatoms. The summed E-state index contributed by atoms with van der Waals surface area (Å²) in [7, 11) is 1.71. The molecule has 0 bridgehead atoms. The van der Waals surface area contributed by atoms with Crippen LogP contribution in [-0.2, 0) is 6.42 Å². The lowest BCUT2D eigenvalue weighted by Gasteiger charge is -2.14. The minimum Gasteiger partial charge on any atom is -0.496 e. The van der Waals surface area contributed by atoms with Crippen molar-refractivity contribution in [3.63, 3.8) is 0 Å². The molecule has 1 unspecified atom stereocenters. The molecule has 0 aliphatic carbocycles. The number of nitrogens with one attached hydrogen (secondary N) is 1. The molecule has 2 nitrogen and oxygen atoms in total. The van der Waals surface area contributed by atoms with Gasteiger partial charge in [0.05, 0.1) is 7.11 Å². The molecule has 18 heavy (non-hydrogen) atoms. The monoisotopic (exact) mass is 269 g/mol. The summed E-state index contributed by atoms with van der Waals surface area (Å²) in [5.41, 5.74) is 1.20. The van der Waals surface area contributed by atoms with E-state index in [0.717, 1.165) is 30.3 Å². The molecule has 0 aliphatic heterocycles. The molecule has 0 heterocycles. The third kappa shape index (κ3) is 5.28. The highest BCUT2D eigenvalue weighted by molar-refractivity contribution is 6.30. The van der Waals surface area contributed by atoms with Crippen molar-refractivity contribution in [3.05, 3.63) is 28.8 Å². The maximum Gasteiger partial charge on any atom is 0.122 e. The zero-order chi connectivity index (χ0) is 13.4. The van der Waals surface area contributed by atoms with Gasteiger partial charge in [-0.15, -0.1) is 0 Å². The van der Waals surface area contributed by atoms with E-state index >= 15 is 0 Å². The normalized spacial score (nSPS) is 12.4. The van der Waals surface area contributed by atoms with E-state index in [1.54, 1.807) is 7.11 Å². The Balaban J connectivity index is 2.47. The second kappa shape index (κ2) is 8.39. The predicted octanol–water partition coefficient (Wildman–Crippen LogP) is 3.92. The van der Waals surface area contributed by atoms with E-state index in [4.69, 9.17) is 16.3 Å². The number of hydrogen-bond acceptors (Lipinski definition) is 2. The van der Waals surface area contributed by atoms with Gasteiger partial charge in [0.2, 0.25) is 0 Å². The van der Waals surface area contributed by atoms with Gasteiger partial charge in [-0.1, -0.05) is 25.4 Å². The molecule has 1 aromatic carbocycles. The van der Waals surface area contributed by atoms with Crippen LogP contribution in [0.4, 0.5) is 0 Å². The molecule has 1 rings (SSSR count). The van der Waals surface area contributed by atoms with E-state index in [-0.39, 0.29) is 0 Å². The molecule has 1 aromatic rings. The van der Waals surface area contributed by atoms with Crippen molar-refractivity contribution >= 4 is 11.6 Å². The first-order valence-corrected chi connectivity index (χ1v) is 7.08. The van der Waals surface area contributed by atoms with E-state index in [2.05, 4.69) is 19.2 Å². The molecule has 1 N–H and O–H groups in total.